The van der Waals surface area contributed by atoms with Crippen LogP contribution < -0.4 is 4.90 Å². The first-order valence-corrected chi connectivity index (χ1v) is 11.2. The molecule has 8 nitrogen and oxygen atoms in total. The second-order valence-electron chi connectivity index (χ2n) is 6.37. The van der Waals surface area contributed by atoms with Crippen LogP contribution in [0.2, 0.25) is 0 Å². The fourth-order valence-corrected chi connectivity index (χ4v) is 3.31. The van der Waals surface area contributed by atoms with Crippen LogP contribution in [0.5, 0.6) is 0 Å². The average molecular weight is 649 g/mol. The number of nitrogens with zero attached hydrogens (tertiary/aromatic N) is 2. The van der Waals surface area contributed by atoms with Crippen molar-refractivity contribution in [3.05, 3.63) is 48.4 Å². The van der Waals surface area contributed by atoms with E-state index in [1.807, 2.05) is 31.1 Å². The van der Waals surface area contributed by atoms with Crippen LogP contribution in [0.15, 0.2) is 52.1 Å². The largest absolute Gasteiger partial charge is 0.512 e. The van der Waals surface area contributed by atoms with Crippen molar-refractivity contribution in [2.75, 3.05) is 32.4 Å². The zero-order valence-corrected chi connectivity index (χ0v) is 21.9. The Morgan fingerprint density at radius 1 is 1.26 bits per heavy atom. The number of pyridine rings is 1. The van der Waals surface area contributed by atoms with Crippen molar-refractivity contribution in [2.45, 2.75) is 23.6 Å². The van der Waals surface area contributed by atoms with Crippen molar-refractivity contribution in [1.29, 1.82) is 0 Å². The van der Waals surface area contributed by atoms with E-state index >= 15 is 0 Å². The number of rotatable bonds is 7. The van der Waals surface area contributed by atoms with E-state index in [1.165, 1.54) is 33.1 Å². The Labute approximate surface area is 202 Å². The Morgan fingerprint density at radius 2 is 1.90 bits per heavy atom. The van der Waals surface area contributed by atoms with Crippen molar-refractivity contribution in [2.24, 2.45) is 0 Å². The van der Waals surface area contributed by atoms with Crippen molar-refractivity contribution in [1.82, 2.24) is 4.98 Å². The van der Waals surface area contributed by atoms with E-state index in [9.17, 15) is 13.2 Å². The van der Waals surface area contributed by atoms with Crippen LogP contribution in [0, 0.1) is 6.07 Å². The molecule has 0 fully saturated rings. The number of hydrogen-bond donors (Lipinski definition) is 1. The predicted octanol–water partition coefficient (Wildman–Crippen LogP) is 3.64. The van der Waals surface area contributed by atoms with E-state index in [2.05, 4.69) is 15.9 Å². The normalized spacial score (nSPS) is 11.1. The second kappa shape index (κ2) is 13.6. The summed E-state index contributed by atoms with van der Waals surface area (Å²) in [6.07, 6.45) is 3.97. The van der Waals surface area contributed by atoms with Gasteiger partial charge in [-0.05, 0) is 35.4 Å². The molecule has 31 heavy (non-hydrogen) atoms. The molecular weight excluding hydrogens is 623 g/mol. The summed E-state index contributed by atoms with van der Waals surface area (Å²) in [4.78, 5) is 21.5. The first-order chi connectivity index (χ1) is 13.9. The van der Waals surface area contributed by atoms with E-state index in [0.29, 0.717) is 16.2 Å². The van der Waals surface area contributed by atoms with E-state index < -0.39 is 9.84 Å². The molecule has 0 saturated heterocycles. The molecule has 1 aromatic carbocycles. The van der Waals surface area contributed by atoms with Gasteiger partial charge >= 0.3 is 0 Å². The third kappa shape index (κ3) is 10.9. The molecule has 0 aliphatic heterocycles. The number of aliphatic hydroxyl groups excluding tert-OH is 1. The van der Waals surface area contributed by atoms with Gasteiger partial charge in [-0.2, -0.15) is 4.33 Å². The zero-order chi connectivity index (χ0) is 22.9. The minimum absolute atomic E-state index is 0. The van der Waals surface area contributed by atoms with Gasteiger partial charge in [0.25, 0.3) is 0 Å². The smallest absolute Gasteiger partial charge is 0.158 e. The molecule has 0 aliphatic rings. The molecule has 174 valence electrons. The van der Waals surface area contributed by atoms with Crippen LogP contribution in [0.3, 0.4) is 0 Å². The molecular formula is C20H25N2O6PtS2-. The number of aromatic nitrogens is 1. The predicted molar refractivity (Wildman–Crippen MR) is 117 cm³/mol. The molecule has 0 saturated carbocycles. The minimum Gasteiger partial charge on any atom is -0.512 e. The summed E-state index contributed by atoms with van der Waals surface area (Å²) in [5.41, 5.74) is 2.15. The number of benzene rings is 1. The van der Waals surface area contributed by atoms with Crippen molar-refractivity contribution in [3.63, 3.8) is 0 Å². The molecule has 2 rings (SSSR count). The summed E-state index contributed by atoms with van der Waals surface area (Å²) in [6, 6.07) is 9.87. The third-order valence-corrected chi connectivity index (χ3v) is 5.01. The van der Waals surface area contributed by atoms with Gasteiger partial charge in [0.05, 0.1) is 12.9 Å². The van der Waals surface area contributed by atoms with E-state index in [4.69, 9.17) is 9.44 Å². The summed E-state index contributed by atoms with van der Waals surface area (Å²) < 4.78 is 28.6. The van der Waals surface area contributed by atoms with Gasteiger partial charge in [-0.25, -0.2) is 13.3 Å². The molecule has 1 aromatic heterocycles. The van der Waals surface area contributed by atoms with Crippen molar-refractivity contribution >= 4 is 33.4 Å². The quantitative estimate of drug-likeness (QED) is 0.120. The maximum atomic E-state index is 11.9. The Bertz CT molecular complexity index is 1010. The van der Waals surface area contributed by atoms with Gasteiger partial charge in [-0.1, -0.05) is 6.07 Å². The van der Waals surface area contributed by atoms with Gasteiger partial charge in [0, 0.05) is 71.4 Å². The summed E-state index contributed by atoms with van der Waals surface area (Å²) in [5, 5.41) is 8.36. The molecule has 11 heteroatoms. The fraction of sp³-hybridized carbons (Fsp3) is 0.300. The summed E-state index contributed by atoms with van der Waals surface area (Å²) in [7, 11) is 1.81. The Morgan fingerprint density at radius 3 is 2.35 bits per heavy atom. The number of allylic oxidation sites excluding steroid dienone is 2. The van der Waals surface area contributed by atoms with Crippen LogP contribution in [0.1, 0.15) is 13.8 Å². The maximum Gasteiger partial charge on any atom is 0.158 e. The number of sulfone groups is 1. The fourth-order valence-electron chi connectivity index (χ4n) is 2.12. The van der Waals surface area contributed by atoms with Gasteiger partial charge in [-0.15, -0.1) is 23.8 Å². The number of hydrogen-bond acceptors (Lipinski definition) is 9. The van der Waals surface area contributed by atoms with Crippen LogP contribution >= 0.6 is 12.0 Å². The van der Waals surface area contributed by atoms with Crippen molar-refractivity contribution < 1.29 is 48.6 Å². The van der Waals surface area contributed by atoms with Crippen LogP contribution in [-0.4, -0.2) is 51.8 Å². The number of carbonyl (C=O) groups is 1. The number of aliphatic hydroxyl groups is 1. The Kier molecular flexibility index (Phi) is 12.9. The standard InChI is InChI=1S/C15H17N2O4S2.C5H8O2.Pt/c1-17(2)12-5-6-16-15(9-12)11-7-13(22-21-20-3)10-14(8-11)23(4,18)19;1-4(6)3-5(2)7;/h5-7,9-10H,1-4H3;3,6H,1-2H3;/q-1;;/b;4-3-;. The van der Waals surface area contributed by atoms with Gasteiger partial charge in [-0.3, -0.25) is 4.79 Å². The van der Waals surface area contributed by atoms with Gasteiger partial charge in [0.1, 0.15) is 0 Å². The topological polar surface area (TPSA) is 106 Å². The minimum atomic E-state index is -3.41. The average Bonchev–Trinajstić information content (AvgIpc) is 2.65. The Hall–Kier alpha value is -1.71. The first kappa shape index (κ1) is 29.3. The maximum absolute atomic E-state index is 11.9. The van der Waals surface area contributed by atoms with E-state index in [1.54, 1.807) is 12.3 Å². The summed E-state index contributed by atoms with van der Waals surface area (Å²) in [5.74, 6) is -0.0625. The number of ketones is 1. The molecule has 0 amide bonds. The number of anilines is 1. The van der Waals surface area contributed by atoms with Crippen molar-refractivity contribution in [3.8, 4) is 11.3 Å². The van der Waals surface area contributed by atoms with Crippen LogP contribution in [0.25, 0.3) is 11.3 Å². The SMILES string of the molecule is CC(=O)/C=C(/C)O.COOSc1cc(-c2cc(N(C)C)ccn2)[c-]c(S(C)(=O)=O)c1.[Pt]. The van der Waals surface area contributed by atoms with Gasteiger partial charge in [0.15, 0.2) is 15.6 Å². The van der Waals surface area contributed by atoms with E-state index in [-0.39, 0.29) is 37.5 Å². The van der Waals surface area contributed by atoms with Crippen LogP contribution in [-0.2, 0) is 44.9 Å². The second-order valence-corrected chi connectivity index (χ2v) is 9.13. The Balaban J connectivity index is 0.000000975. The third-order valence-electron chi connectivity index (χ3n) is 3.36. The molecule has 0 aliphatic carbocycles. The molecule has 0 unspecified atom stereocenters. The monoisotopic (exact) mass is 648 g/mol. The molecule has 0 atom stereocenters. The molecule has 2 aromatic rings. The van der Waals surface area contributed by atoms with E-state index in [0.717, 1.165) is 24.0 Å². The first-order valence-electron chi connectivity index (χ1n) is 8.60. The molecule has 1 N–H and O–H groups in total. The molecule has 0 spiro atoms. The van der Waals surface area contributed by atoms with Gasteiger partial charge < -0.3 is 15.0 Å². The molecule has 0 radical (unpaired) electrons. The number of carbonyl (C=O) groups excluding carboxylic acids is 1. The molecule has 1 heterocycles. The zero-order valence-electron chi connectivity index (χ0n) is 18.0. The summed E-state index contributed by atoms with van der Waals surface area (Å²) in [6.45, 7) is 2.85. The van der Waals surface area contributed by atoms with Gasteiger partial charge in [0.2, 0.25) is 0 Å². The summed E-state index contributed by atoms with van der Waals surface area (Å²) >= 11 is 0.925. The molecule has 0 bridgehead atoms. The van der Waals surface area contributed by atoms with Crippen LogP contribution in [0.4, 0.5) is 5.69 Å².